The van der Waals surface area contributed by atoms with E-state index in [9.17, 15) is 9.59 Å². The van der Waals surface area contributed by atoms with Crippen LogP contribution in [0.2, 0.25) is 10.0 Å². The summed E-state index contributed by atoms with van der Waals surface area (Å²) in [4.78, 5) is 25.0. The van der Waals surface area contributed by atoms with E-state index in [0.717, 1.165) is 0 Å². The van der Waals surface area contributed by atoms with Crippen LogP contribution in [-0.2, 0) is 4.79 Å². The Labute approximate surface area is 120 Å². The molecular weight excluding hydrogens is 289 g/mol. The Hall–Kier alpha value is -1.26. The minimum atomic E-state index is -0.882. The molecule has 0 saturated carbocycles. The maximum atomic E-state index is 12.3. The zero-order chi connectivity index (χ0) is 14.2. The van der Waals surface area contributed by atoms with Crippen LogP contribution in [0.1, 0.15) is 23.7 Å². The Morgan fingerprint density at radius 3 is 2.32 bits per heavy atom. The van der Waals surface area contributed by atoms with Gasteiger partial charge in [0.15, 0.2) is 0 Å². The first kappa shape index (κ1) is 14.2. The van der Waals surface area contributed by atoms with E-state index in [1.807, 2.05) is 0 Å². The average Bonchev–Trinajstić information content (AvgIpc) is 2.71. The molecule has 0 aliphatic carbocycles. The number of carbonyl (C=O) groups excluding carboxylic acids is 1. The van der Waals surface area contributed by atoms with Crippen LogP contribution in [-0.4, -0.2) is 35.0 Å². The summed E-state index contributed by atoms with van der Waals surface area (Å²) < 4.78 is 0. The van der Waals surface area contributed by atoms with E-state index in [0.29, 0.717) is 28.6 Å². The Bertz CT molecular complexity index is 526. The molecule has 0 aromatic heterocycles. The summed E-state index contributed by atoms with van der Waals surface area (Å²) in [6.07, 6.45) is 0.447. The highest BCUT2D eigenvalue weighted by molar-refractivity contribution is 6.35. The second-order valence-electron chi connectivity index (χ2n) is 5.00. The van der Waals surface area contributed by atoms with Gasteiger partial charge in [-0.3, -0.25) is 9.59 Å². The molecule has 1 aliphatic heterocycles. The second kappa shape index (κ2) is 5.02. The fraction of sp³-hybridized carbons (Fsp3) is 0.385. The van der Waals surface area contributed by atoms with Crippen molar-refractivity contribution in [3.05, 3.63) is 33.8 Å². The molecular formula is C13H13Cl2NO3. The Morgan fingerprint density at radius 1 is 1.26 bits per heavy atom. The number of carboxylic acid groups (broad SMARTS) is 1. The number of hydrogen-bond acceptors (Lipinski definition) is 2. The van der Waals surface area contributed by atoms with E-state index in [1.165, 1.54) is 17.0 Å². The van der Waals surface area contributed by atoms with Gasteiger partial charge in [-0.1, -0.05) is 23.2 Å². The molecule has 102 valence electrons. The van der Waals surface area contributed by atoms with E-state index in [-0.39, 0.29) is 12.5 Å². The number of carbonyl (C=O) groups is 2. The number of carboxylic acids is 1. The Balaban J connectivity index is 2.20. The summed E-state index contributed by atoms with van der Waals surface area (Å²) in [5.74, 6) is -1.12. The lowest BCUT2D eigenvalue weighted by atomic mass is 9.90. The number of rotatable bonds is 2. The summed E-state index contributed by atoms with van der Waals surface area (Å²) in [7, 11) is 0. The molecule has 4 nitrogen and oxygen atoms in total. The van der Waals surface area contributed by atoms with Crippen molar-refractivity contribution in [2.24, 2.45) is 5.41 Å². The highest BCUT2D eigenvalue weighted by Crippen LogP contribution is 2.31. The number of halogens is 2. The zero-order valence-corrected chi connectivity index (χ0v) is 11.8. The van der Waals surface area contributed by atoms with Gasteiger partial charge in [0.25, 0.3) is 5.91 Å². The number of benzene rings is 1. The summed E-state index contributed by atoms with van der Waals surface area (Å²) in [5.41, 5.74) is -0.495. The minimum Gasteiger partial charge on any atom is -0.481 e. The van der Waals surface area contributed by atoms with Crippen molar-refractivity contribution in [3.8, 4) is 0 Å². The lowest BCUT2D eigenvalue weighted by Gasteiger charge is -2.20. The van der Waals surface area contributed by atoms with Crippen molar-refractivity contribution in [3.63, 3.8) is 0 Å². The molecule has 1 amide bonds. The smallest absolute Gasteiger partial charge is 0.311 e. The largest absolute Gasteiger partial charge is 0.481 e. The van der Waals surface area contributed by atoms with Gasteiger partial charge in [0.1, 0.15) is 0 Å². The molecule has 0 unspecified atom stereocenters. The SMILES string of the molecule is C[C@]1(C(=O)O)CCN(C(=O)c2cc(Cl)cc(Cl)c2)C1. The topological polar surface area (TPSA) is 57.6 Å². The molecule has 1 aliphatic rings. The van der Waals surface area contributed by atoms with Gasteiger partial charge in [-0.2, -0.15) is 0 Å². The molecule has 19 heavy (non-hydrogen) atoms. The first-order valence-electron chi connectivity index (χ1n) is 5.81. The first-order valence-corrected chi connectivity index (χ1v) is 6.56. The Morgan fingerprint density at radius 2 is 1.84 bits per heavy atom. The number of amides is 1. The van der Waals surface area contributed by atoms with Crippen molar-refractivity contribution in [2.75, 3.05) is 13.1 Å². The lowest BCUT2D eigenvalue weighted by molar-refractivity contribution is -0.147. The van der Waals surface area contributed by atoms with Crippen molar-refractivity contribution >= 4 is 35.1 Å². The molecule has 1 aromatic carbocycles. The molecule has 0 bridgehead atoms. The number of aliphatic carboxylic acids is 1. The average molecular weight is 302 g/mol. The quantitative estimate of drug-likeness (QED) is 0.914. The number of nitrogens with zero attached hydrogens (tertiary/aromatic N) is 1. The van der Waals surface area contributed by atoms with Gasteiger partial charge >= 0.3 is 5.97 Å². The third kappa shape index (κ3) is 2.85. The van der Waals surface area contributed by atoms with Crippen molar-refractivity contribution in [1.29, 1.82) is 0 Å². The number of hydrogen-bond donors (Lipinski definition) is 1. The monoisotopic (exact) mass is 301 g/mol. The second-order valence-corrected chi connectivity index (χ2v) is 5.87. The van der Waals surface area contributed by atoms with Crippen LogP contribution in [0, 0.1) is 5.41 Å². The van der Waals surface area contributed by atoms with Crippen LogP contribution >= 0.6 is 23.2 Å². The van der Waals surface area contributed by atoms with Crippen LogP contribution in [0.15, 0.2) is 18.2 Å². The molecule has 6 heteroatoms. The molecule has 1 fully saturated rings. The predicted octanol–water partition coefficient (Wildman–Crippen LogP) is 2.93. The van der Waals surface area contributed by atoms with E-state index < -0.39 is 11.4 Å². The molecule has 0 radical (unpaired) electrons. The standard InChI is InChI=1S/C13H13Cl2NO3/c1-13(12(18)19)2-3-16(7-13)11(17)8-4-9(14)6-10(15)5-8/h4-6H,2-3,7H2,1H3,(H,18,19)/t13-/m0/s1. The van der Waals surface area contributed by atoms with Crippen molar-refractivity contribution in [1.82, 2.24) is 4.90 Å². The molecule has 1 heterocycles. The van der Waals surface area contributed by atoms with E-state index in [1.54, 1.807) is 13.0 Å². The van der Waals surface area contributed by atoms with Crippen LogP contribution in [0.4, 0.5) is 0 Å². The summed E-state index contributed by atoms with van der Waals surface area (Å²) in [6, 6.07) is 4.61. The summed E-state index contributed by atoms with van der Waals surface area (Å²) in [5, 5.41) is 9.92. The highest BCUT2D eigenvalue weighted by Gasteiger charge is 2.42. The lowest BCUT2D eigenvalue weighted by Crippen LogP contribution is -2.34. The van der Waals surface area contributed by atoms with Gasteiger partial charge in [0.05, 0.1) is 5.41 Å². The third-order valence-corrected chi connectivity index (χ3v) is 3.82. The van der Waals surface area contributed by atoms with Crippen LogP contribution < -0.4 is 0 Å². The van der Waals surface area contributed by atoms with Crippen LogP contribution in [0.5, 0.6) is 0 Å². The summed E-state index contributed by atoms with van der Waals surface area (Å²) >= 11 is 11.7. The molecule has 0 spiro atoms. The number of likely N-dealkylation sites (tertiary alicyclic amines) is 1. The van der Waals surface area contributed by atoms with E-state index in [4.69, 9.17) is 28.3 Å². The van der Waals surface area contributed by atoms with Crippen molar-refractivity contribution in [2.45, 2.75) is 13.3 Å². The van der Waals surface area contributed by atoms with Gasteiger partial charge in [-0.05, 0) is 31.5 Å². The first-order chi connectivity index (χ1) is 8.82. The molecule has 1 aromatic rings. The van der Waals surface area contributed by atoms with Gasteiger partial charge in [-0.25, -0.2) is 0 Å². The fourth-order valence-electron chi connectivity index (χ4n) is 2.17. The molecule has 1 saturated heterocycles. The predicted molar refractivity (Wildman–Crippen MR) is 72.7 cm³/mol. The molecule has 1 N–H and O–H groups in total. The van der Waals surface area contributed by atoms with Crippen LogP contribution in [0.3, 0.4) is 0 Å². The van der Waals surface area contributed by atoms with Gasteiger partial charge in [0, 0.05) is 28.7 Å². The van der Waals surface area contributed by atoms with Gasteiger partial charge in [-0.15, -0.1) is 0 Å². The highest BCUT2D eigenvalue weighted by atomic mass is 35.5. The van der Waals surface area contributed by atoms with Crippen molar-refractivity contribution < 1.29 is 14.7 Å². The van der Waals surface area contributed by atoms with E-state index >= 15 is 0 Å². The maximum absolute atomic E-state index is 12.3. The van der Waals surface area contributed by atoms with Crippen LogP contribution in [0.25, 0.3) is 0 Å². The van der Waals surface area contributed by atoms with Gasteiger partial charge < -0.3 is 10.0 Å². The maximum Gasteiger partial charge on any atom is 0.311 e. The van der Waals surface area contributed by atoms with E-state index in [2.05, 4.69) is 0 Å². The zero-order valence-electron chi connectivity index (χ0n) is 10.3. The summed E-state index contributed by atoms with van der Waals surface area (Å²) in [6.45, 7) is 2.27. The molecule has 1 atom stereocenters. The Kier molecular flexibility index (Phi) is 3.74. The molecule has 2 rings (SSSR count). The normalized spacial score (nSPS) is 22.6. The van der Waals surface area contributed by atoms with Gasteiger partial charge in [0.2, 0.25) is 0 Å². The third-order valence-electron chi connectivity index (χ3n) is 3.39. The fourth-order valence-corrected chi connectivity index (χ4v) is 2.69. The minimum absolute atomic E-state index is 0.200.